The first-order valence-electron chi connectivity index (χ1n) is 6.09. The highest BCUT2D eigenvalue weighted by Crippen LogP contribution is 2.12. The van der Waals surface area contributed by atoms with E-state index in [0.717, 1.165) is 5.69 Å². The van der Waals surface area contributed by atoms with Crippen LogP contribution in [0.5, 0.6) is 0 Å². The summed E-state index contributed by atoms with van der Waals surface area (Å²) in [5.74, 6) is -0.134. The summed E-state index contributed by atoms with van der Waals surface area (Å²) in [5.41, 5.74) is 1.31. The summed E-state index contributed by atoms with van der Waals surface area (Å²) in [6.07, 6.45) is 8.52. The van der Waals surface area contributed by atoms with Crippen LogP contribution in [0.15, 0.2) is 37.2 Å². The van der Waals surface area contributed by atoms with Crippen LogP contribution in [0.2, 0.25) is 0 Å². The van der Waals surface area contributed by atoms with Gasteiger partial charge in [0.25, 0.3) is 5.91 Å². The molecule has 6 nitrogen and oxygen atoms in total. The molecule has 6 heteroatoms. The van der Waals surface area contributed by atoms with Crippen molar-refractivity contribution in [1.82, 2.24) is 19.9 Å². The molecule has 0 aliphatic rings. The highest BCUT2D eigenvalue weighted by molar-refractivity contribution is 5.99. The van der Waals surface area contributed by atoms with E-state index in [0.29, 0.717) is 12.1 Å². The Bertz CT molecular complexity index is 538. The molecule has 0 radical (unpaired) electrons. The normalized spacial score (nSPS) is 11.9. The van der Waals surface area contributed by atoms with Gasteiger partial charge in [0.1, 0.15) is 0 Å². The average Bonchev–Trinajstić information content (AvgIpc) is 2.91. The van der Waals surface area contributed by atoms with Crippen molar-refractivity contribution in [3.8, 4) is 0 Å². The lowest BCUT2D eigenvalue weighted by Gasteiger charge is -2.15. The fraction of sp³-hybridized carbons (Fsp3) is 0.308. The van der Waals surface area contributed by atoms with Crippen LogP contribution in [-0.4, -0.2) is 33.5 Å². The van der Waals surface area contributed by atoms with Crippen molar-refractivity contribution in [2.24, 2.45) is 0 Å². The van der Waals surface area contributed by atoms with E-state index < -0.39 is 0 Å². The van der Waals surface area contributed by atoms with Crippen molar-refractivity contribution < 1.29 is 4.79 Å². The first-order chi connectivity index (χ1) is 9.20. The van der Waals surface area contributed by atoms with Crippen LogP contribution in [0.1, 0.15) is 17.3 Å². The highest BCUT2D eigenvalue weighted by Gasteiger charge is 2.13. The number of anilines is 1. The quantitative estimate of drug-likeness (QED) is 0.844. The molecular weight excluding hydrogens is 242 g/mol. The third kappa shape index (κ3) is 3.31. The molecule has 1 atom stereocenters. The molecule has 2 rings (SSSR count). The van der Waals surface area contributed by atoms with E-state index >= 15 is 0 Å². The molecule has 2 aromatic rings. The minimum Gasteiger partial charge on any atom is -0.387 e. The first kappa shape index (κ1) is 13.1. The van der Waals surface area contributed by atoms with Crippen LogP contribution in [0.4, 0.5) is 5.69 Å². The standard InChI is InChI=1S/C13H17N5O/c1-10(8-18-6-5-16-9-18)17-13(19)11-7-15-4-3-12(11)14-2/h3-7,9-10H,8H2,1-2H3,(H,14,15)(H,17,19). The topological polar surface area (TPSA) is 71.8 Å². The number of pyridine rings is 1. The Morgan fingerprint density at radius 1 is 1.42 bits per heavy atom. The number of carbonyl (C=O) groups is 1. The molecule has 0 bridgehead atoms. The molecule has 0 spiro atoms. The fourth-order valence-electron chi connectivity index (χ4n) is 1.85. The van der Waals surface area contributed by atoms with Crippen molar-refractivity contribution in [2.45, 2.75) is 19.5 Å². The van der Waals surface area contributed by atoms with Crippen molar-refractivity contribution in [3.05, 3.63) is 42.7 Å². The molecule has 1 amide bonds. The SMILES string of the molecule is CNc1ccncc1C(=O)NC(C)Cn1ccnc1. The third-order valence-electron chi connectivity index (χ3n) is 2.76. The Balaban J connectivity index is 2.00. The van der Waals surface area contributed by atoms with Crippen LogP contribution in [0, 0.1) is 0 Å². The minimum absolute atomic E-state index is 0.00612. The van der Waals surface area contributed by atoms with Crippen molar-refractivity contribution >= 4 is 11.6 Å². The molecule has 0 aromatic carbocycles. The Morgan fingerprint density at radius 2 is 2.26 bits per heavy atom. The van der Waals surface area contributed by atoms with Gasteiger partial charge in [-0.1, -0.05) is 0 Å². The summed E-state index contributed by atoms with van der Waals surface area (Å²) in [7, 11) is 1.78. The lowest BCUT2D eigenvalue weighted by Crippen LogP contribution is -2.35. The second-order valence-corrected chi connectivity index (χ2v) is 4.31. The van der Waals surface area contributed by atoms with E-state index in [9.17, 15) is 4.79 Å². The van der Waals surface area contributed by atoms with Crippen molar-refractivity contribution in [2.75, 3.05) is 12.4 Å². The number of hydrogen-bond acceptors (Lipinski definition) is 4. The summed E-state index contributed by atoms with van der Waals surface area (Å²) in [6, 6.07) is 1.78. The summed E-state index contributed by atoms with van der Waals surface area (Å²) in [5, 5.41) is 5.92. The Kier molecular flexibility index (Phi) is 4.12. The summed E-state index contributed by atoms with van der Waals surface area (Å²) >= 11 is 0. The van der Waals surface area contributed by atoms with Gasteiger partial charge in [-0.05, 0) is 13.0 Å². The molecule has 0 saturated carbocycles. The fourth-order valence-corrected chi connectivity index (χ4v) is 1.85. The molecule has 2 aromatic heterocycles. The summed E-state index contributed by atoms with van der Waals surface area (Å²) in [4.78, 5) is 20.1. The zero-order chi connectivity index (χ0) is 13.7. The van der Waals surface area contributed by atoms with Gasteiger partial charge in [-0.2, -0.15) is 0 Å². The number of aromatic nitrogens is 3. The maximum absolute atomic E-state index is 12.1. The second kappa shape index (κ2) is 5.99. The molecule has 0 fully saturated rings. The van der Waals surface area contributed by atoms with E-state index in [2.05, 4.69) is 20.6 Å². The van der Waals surface area contributed by atoms with Gasteiger partial charge in [-0.3, -0.25) is 9.78 Å². The van der Waals surface area contributed by atoms with Crippen LogP contribution in [0.25, 0.3) is 0 Å². The Hall–Kier alpha value is -2.37. The number of hydrogen-bond donors (Lipinski definition) is 2. The molecule has 1 unspecified atom stereocenters. The number of nitrogens with zero attached hydrogens (tertiary/aromatic N) is 3. The third-order valence-corrected chi connectivity index (χ3v) is 2.76. The van der Waals surface area contributed by atoms with Crippen LogP contribution in [0.3, 0.4) is 0 Å². The van der Waals surface area contributed by atoms with Gasteiger partial charge in [0, 0.05) is 50.1 Å². The van der Waals surface area contributed by atoms with Gasteiger partial charge in [0.15, 0.2) is 0 Å². The maximum atomic E-state index is 12.1. The first-order valence-corrected chi connectivity index (χ1v) is 6.09. The van der Waals surface area contributed by atoms with Gasteiger partial charge >= 0.3 is 0 Å². The lowest BCUT2D eigenvalue weighted by molar-refractivity contribution is 0.0937. The minimum atomic E-state index is -0.134. The number of rotatable bonds is 5. The molecule has 0 aliphatic heterocycles. The number of nitrogens with one attached hydrogen (secondary N) is 2. The Labute approximate surface area is 111 Å². The van der Waals surface area contributed by atoms with Gasteiger partial charge in [-0.25, -0.2) is 4.98 Å². The average molecular weight is 259 g/mol. The highest BCUT2D eigenvalue weighted by atomic mass is 16.1. The molecule has 0 aliphatic carbocycles. The zero-order valence-electron chi connectivity index (χ0n) is 11.0. The van der Waals surface area contributed by atoms with Gasteiger partial charge in [0.05, 0.1) is 11.9 Å². The predicted octanol–water partition coefficient (Wildman–Crippen LogP) is 1.14. The van der Waals surface area contributed by atoms with Gasteiger partial charge < -0.3 is 15.2 Å². The van der Waals surface area contributed by atoms with Crippen molar-refractivity contribution in [3.63, 3.8) is 0 Å². The van der Waals surface area contributed by atoms with E-state index in [1.54, 1.807) is 38.0 Å². The molecule has 100 valence electrons. The predicted molar refractivity (Wildman–Crippen MR) is 72.9 cm³/mol. The van der Waals surface area contributed by atoms with Gasteiger partial charge in [-0.15, -0.1) is 0 Å². The van der Waals surface area contributed by atoms with Gasteiger partial charge in [0.2, 0.25) is 0 Å². The lowest BCUT2D eigenvalue weighted by atomic mass is 10.2. The van der Waals surface area contributed by atoms with E-state index in [1.165, 1.54) is 0 Å². The number of carbonyl (C=O) groups excluding carboxylic acids is 1. The maximum Gasteiger partial charge on any atom is 0.255 e. The van der Waals surface area contributed by atoms with E-state index in [4.69, 9.17) is 0 Å². The van der Waals surface area contributed by atoms with Crippen LogP contribution in [-0.2, 0) is 6.54 Å². The Morgan fingerprint density at radius 3 is 2.95 bits per heavy atom. The number of imidazole rings is 1. The molecule has 2 N–H and O–H groups in total. The molecular formula is C13H17N5O. The summed E-state index contributed by atoms with van der Waals surface area (Å²) in [6.45, 7) is 2.63. The van der Waals surface area contributed by atoms with Crippen LogP contribution >= 0.6 is 0 Å². The van der Waals surface area contributed by atoms with E-state index in [1.807, 2.05) is 17.7 Å². The zero-order valence-corrected chi connectivity index (χ0v) is 11.0. The molecule has 2 heterocycles. The monoisotopic (exact) mass is 259 g/mol. The van der Waals surface area contributed by atoms with Crippen LogP contribution < -0.4 is 10.6 Å². The summed E-state index contributed by atoms with van der Waals surface area (Å²) < 4.78 is 1.92. The van der Waals surface area contributed by atoms with E-state index in [-0.39, 0.29) is 11.9 Å². The van der Waals surface area contributed by atoms with Crippen molar-refractivity contribution in [1.29, 1.82) is 0 Å². The smallest absolute Gasteiger partial charge is 0.255 e. The second-order valence-electron chi connectivity index (χ2n) is 4.31. The number of amides is 1. The molecule has 19 heavy (non-hydrogen) atoms. The molecule has 0 saturated heterocycles. The largest absolute Gasteiger partial charge is 0.387 e.